The summed E-state index contributed by atoms with van der Waals surface area (Å²) in [5.41, 5.74) is 5.37. The Labute approximate surface area is 178 Å². The van der Waals surface area contributed by atoms with E-state index in [0.717, 1.165) is 23.6 Å². The average molecular weight is 461 g/mol. The quantitative estimate of drug-likeness (QED) is 0.540. The van der Waals surface area contributed by atoms with E-state index in [-0.39, 0.29) is 33.4 Å². The van der Waals surface area contributed by atoms with Gasteiger partial charge in [0.05, 0.1) is 16.6 Å². The van der Waals surface area contributed by atoms with Crippen LogP contribution in [0.2, 0.25) is 4.34 Å². The SMILES string of the molecule is Cn1ncc(F)c1-c1cc(C(=O)NC(CN)Cc2ccccc2C(F)(F)F)sc1Cl. The van der Waals surface area contributed by atoms with Crippen LogP contribution in [0.15, 0.2) is 36.5 Å². The highest BCUT2D eigenvalue weighted by Gasteiger charge is 2.33. The molecule has 0 aliphatic heterocycles. The van der Waals surface area contributed by atoms with Crippen molar-refractivity contribution in [2.75, 3.05) is 6.54 Å². The second-order valence-electron chi connectivity index (χ2n) is 6.53. The van der Waals surface area contributed by atoms with Crippen molar-refractivity contribution in [2.45, 2.75) is 18.6 Å². The number of amides is 1. The Morgan fingerprint density at radius 2 is 2.07 bits per heavy atom. The van der Waals surface area contributed by atoms with Gasteiger partial charge in [0.15, 0.2) is 5.82 Å². The van der Waals surface area contributed by atoms with Gasteiger partial charge in [0, 0.05) is 25.2 Å². The fourth-order valence-corrected chi connectivity index (χ4v) is 4.23. The molecule has 0 saturated heterocycles. The number of aryl methyl sites for hydroxylation is 1. The van der Waals surface area contributed by atoms with Crippen molar-refractivity contribution < 1.29 is 22.4 Å². The third-order valence-corrected chi connectivity index (χ3v) is 5.83. The van der Waals surface area contributed by atoms with Gasteiger partial charge in [-0.3, -0.25) is 9.48 Å². The van der Waals surface area contributed by atoms with Gasteiger partial charge in [0.1, 0.15) is 10.0 Å². The van der Waals surface area contributed by atoms with Crippen LogP contribution in [0.25, 0.3) is 11.3 Å². The van der Waals surface area contributed by atoms with Crippen molar-refractivity contribution in [3.05, 3.63) is 62.7 Å². The first kappa shape index (κ1) is 22.3. The van der Waals surface area contributed by atoms with Crippen LogP contribution in [-0.4, -0.2) is 28.3 Å². The van der Waals surface area contributed by atoms with E-state index in [4.69, 9.17) is 17.3 Å². The molecule has 3 N–H and O–H groups in total. The molecule has 5 nitrogen and oxygen atoms in total. The predicted octanol–water partition coefficient (Wildman–Crippen LogP) is 4.26. The molecule has 0 fully saturated rings. The molecule has 1 atom stereocenters. The van der Waals surface area contributed by atoms with Gasteiger partial charge in [0.2, 0.25) is 0 Å². The maximum Gasteiger partial charge on any atom is 0.416 e. The molecule has 3 aromatic rings. The van der Waals surface area contributed by atoms with Crippen LogP contribution >= 0.6 is 22.9 Å². The van der Waals surface area contributed by atoms with Crippen LogP contribution in [0.5, 0.6) is 0 Å². The number of benzene rings is 1. The largest absolute Gasteiger partial charge is 0.416 e. The summed E-state index contributed by atoms with van der Waals surface area (Å²) in [6.07, 6.45) is -3.57. The van der Waals surface area contributed by atoms with Gasteiger partial charge in [-0.25, -0.2) is 4.39 Å². The summed E-state index contributed by atoms with van der Waals surface area (Å²) < 4.78 is 55.1. The second kappa shape index (κ2) is 8.75. The van der Waals surface area contributed by atoms with Gasteiger partial charge in [-0.1, -0.05) is 29.8 Å². The maximum atomic E-state index is 14.0. The molecule has 2 aromatic heterocycles. The summed E-state index contributed by atoms with van der Waals surface area (Å²) in [6, 6.07) is 5.81. The van der Waals surface area contributed by atoms with Crippen LogP contribution in [0, 0.1) is 5.82 Å². The van der Waals surface area contributed by atoms with Gasteiger partial charge in [-0.2, -0.15) is 18.3 Å². The van der Waals surface area contributed by atoms with Gasteiger partial charge in [-0.05, 0) is 24.1 Å². The minimum Gasteiger partial charge on any atom is -0.347 e. The van der Waals surface area contributed by atoms with E-state index in [0.29, 0.717) is 5.56 Å². The first-order valence-corrected chi connectivity index (χ1v) is 9.94. The lowest BCUT2D eigenvalue weighted by Crippen LogP contribution is -2.41. The summed E-state index contributed by atoms with van der Waals surface area (Å²) in [7, 11) is 1.54. The zero-order valence-electron chi connectivity index (χ0n) is 15.6. The molecule has 0 saturated carbocycles. The van der Waals surface area contributed by atoms with Gasteiger partial charge in [-0.15, -0.1) is 11.3 Å². The van der Waals surface area contributed by atoms with Gasteiger partial charge >= 0.3 is 6.18 Å². The number of nitrogens with two attached hydrogens (primary N) is 1. The van der Waals surface area contributed by atoms with Gasteiger partial charge in [0.25, 0.3) is 5.91 Å². The minimum absolute atomic E-state index is 0.0302. The van der Waals surface area contributed by atoms with Crippen LogP contribution in [-0.2, 0) is 19.6 Å². The number of hydrogen-bond donors (Lipinski definition) is 2. The minimum atomic E-state index is -4.51. The molecule has 11 heteroatoms. The van der Waals surface area contributed by atoms with Crippen molar-refractivity contribution in [1.82, 2.24) is 15.1 Å². The Morgan fingerprint density at radius 3 is 2.67 bits per heavy atom. The van der Waals surface area contributed by atoms with Crippen molar-refractivity contribution >= 4 is 28.8 Å². The fourth-order valence-electron chi connectivity index (χ4n) is 3.05. The zero-order valence-corrected chi connectivity index (χ0v) is 17.2. The summed E-state index contributed by atoms with van der Waals surface area (Å²) >= 11 is 7.11. The number of carbonyl (C=O) groups is 1. The summed E-state index contributed by atoms with van der Waals surface area (Å²) in [4.78, 5) is 12.8. The summed E-state index contributed by atoms with van der Waals surface area (Å²) in [6.45, 7) is -0.0692. The number of alkyl halides is 3. The Morgan fingerprint density at radius 1 is 1.37 bits per heavy atom. The van der Waals surface area contributed by atoms with E-state index in [1.807, 2.05) is 0 Å². The number of carbonyl (C=O) groups excluding carboxylic acids is 1. The van der Waals surface area contributed by atoms with Crippen molar-refractivity contribution in [3.63, 3.8) is 0 Å². The Kier molecular flexibility index (Phi) is 6.49. The van der Waals surface area contributed by atoms with Crippen LogP contribution in [0.1, 0.15) is 20.8 Å². The number of hydrogen-bond acceptors (Lipinski definition) is 4. The highest BCUT2D eigenvalue weighted by atomic mass is 35.5. The molecule has 0 aliphatic rings. The number of rotatable bonds is 6. The van der Waals surface area contributed by atoms with Crippen molar-refractivity contribution in [2.24, 2.45) is 12.8 Å². The Hall–Kier alpha value is -2.43. The predicted molar refractivity (Wildman–Crippen MR) is 107 cm³/mol. The molecule has 3 rings (SSSR count). The molecule has 2 heterocycles. The number of nitrogens with one attached hydrogen (secondary N) is 1. The topological polar surface area (TPSA) is 72.9 Å². The molecule has 0 aliphatic carbocycles. The fraction of sp³-hybridized carbons (Fsp3) is 0.263. The van der Waals surface area contributed by atoms with Crippen molar-refractivity contribution in [3.8, 4) is 11.3 Å². The molecule has 1 aromatic carbocycles. The average Bonchev–Trinajstić information content (AvgIpc) is 3.22. The lowest BCUT2D eigenvalue weighted by molar-refractivity contribution is -0.138. The van der Waals surface area contributed by atoms with Crippen LogP contribution in [0.4, 0.5) is 17.6 Å². The third-order valence-electron chi connectivity index (χ3n) is 4.47. The first-order chi connectivity index (χ1) is 14.1. The van der Waals surface area contributed by atoms with Gasteiger partial charge < -0.3 is 11.1 Å². The highest BCUT2D eigenvalue weighted by Crippen LogP contribution is 2.37. The Bertz CT molecular complexity index is 1040. The third kappa shape index (κ3) is 4.66. The maximum absolute atomic E-state index is 14.0. The number of thiophene rings is 1. The Balaban J connectivity index is 1.80. The lowest BCUT2D eigenvalue weighted by atomic mass is 9.99. The molecule has 0 spiro atoms. The van der Waals surface area contributed by atoms with E-state index in [2.05, 4.69) is 10.4 Å². The van der Waals surface area contributed by atoms with E-state index in [9.17, 15) is 22.4 Å². The monoisotopic (exact) mass is 460 g/mol. The normalized spacial score (nSPS) is 12.8. The molecule has 160 valence electrons. The standard InChI is InChI=1S/C19H17ClF4N4OS/c1-28-16(14(21)9-26-28)12-7-15(30-17(12)20)18(29)27-11(8-25)6-10-4-2-3-5-13(10)19(22,23)24/h2-5,7,9,11H,6,8,25H2,1H3,(H,27,29). The van der Waals surface area contributed by atoms with E-state index < -0.39 is 29.5 Å². The summed E-state index contributed by atoms with van der Waals surface area (Å²) in [5.74, 6) is -1.15. The van der Waals surface area contributed by atoms with E-state index >= 15 is 0 Å². The lowest BCUT2D eigenvalue weighted by Gasteiger charge is -2.19. The molecular formula is C19H17ClF4N4OS. The van der Waals surface area contributed by atoms with E-state index in [1.165, 1.54) is 36.0 Å². The number of aromatic nitrogens is 2. The highest BCUT2D eigenvalue weighted by molar-refractivity contribution is 7.18. The van der Waals surface area contributed by atoms with Crippen LogP contribution in [0.3, 0.4) is 0 Å². The molecular weight excluding hydrogens is 444 g/mol. The van der Waals surface area contributed by atoms with E-state index in [1.54, 1.807) is 0 Å². The smallest absolute Gasteiger partial charge is 0.347 e. The number of nitrogens with zero attached hydrogens (tertiary/aromatic N) is 2. The molecule has 30 heavy (non-hydrogen) atoms. The molecule has 0 radical (unpaired) electrons. The van der Waals surface area contributed by atoms with Crippen molar-refractivity contribution in [1.29, 1.82) is 0 Å². The zero-order chi connectivity index (χ0) is 22.1. The second-order valence-corrected chi connectivity index (χ2v) is 8.18. The first-order valence-electron chi connectivity index (χ1n) is 8.75. The molecule has 1 amide bonds. The number of halogens is 5. The molecule has 0 bridgehead atoms. The molecule has 1 unspecified atom stereocenters. The van der Waals surface area contributed by atoms with Crippen LogP contribution < -0.4 is 11.1 Å². The summed E-state index contributed by atoms with van der Waals surface area (Å²) in [5, 5.41) is 6.43.